The number of rotatable bonds is 3. The molecule has 0 aliphatic carbocycles. The lowest BCUT2D eigenvalue weighted by Gasteiger charge is -2.33. The van der Waals surface area contributed by atoms with Gasteiger partial charge in [0.25, 0.3) is 5.91 Å². The van der Waals surface area contributed by atoms with Gasteiger partial charge < -0.3 is 9.15 Å². The molecule has 0 saturated carbocycles. The lowest BCUT2D eigenvalue weighted by molar-refractivity contribution is -0.138. The van der Waals surface area contributed by atoms with Gasteiger partial charge in [-0.15, -0.1) is 0 Å². The van der Waals surface area contributed by atoms with Crippen LogP contribution < -0.4 is 0 Å². The van der Waals surface area contributed by atoms with E-state index in [2.05, 4.69) is 0 Å². The number of halogens is 4. The SMILES string of the molecule is O=C1C(=Cc2ccc(-c3cc(C(F)(F)F)ccc3Cl)o2)SC(=S)N1N1CCOCC1. The van der Waals surface area contributed by atoms with Gasteiger partial charge in [0.2, 0.25) is 0 Å². The van der Waals surface area contributed by atoms with Crippen molar-refractivity contribution < 1.29 is 27.1 Å². The normalized spacial score (nSPS) is 19.9. The standard InChI is InChI=1S/C19H14ClF3N2O3S2/c20-14-3-1-11(19(21,22)23)9-13(14)15-4-2-12(28-15)10-16-17(26)25(18(29)30-16)24-5-7-27-8-6-24/h1-4,9-10H,5-8H2. The van der Waals surface area contributed by atoms with Crippen LogP contribution in [0.25, 0.3) is 17.4 Å². The Hall–Kier alpha value is -1.85. The first-order chi connectivity index (χ1) is 14.2. The smallest absolute Gasteiger partial charge is 0.416 e. The van der Waals surface area contributed by atoms with Crippen LogP contribution in [0.1, 0.15) is 11.3 Å². The molecule has 2 aliphatic heterocycles. The second-order valence-corrected chi connectivity index (χ2v) is 8.54. The van der Waals surface area contributed by atoms with Crippen LogP contribution in [0.3, 0.4) is 0 Å². The van der Waals surface area contributed by atoms with E-state index in [1.807, 2.05) is 5.01 Å². The van der Waals surface area contributed by atoms with Crippen LogP contribution >= 0.6 is 35.6 Å². The molecule has 5 nitrogen and oxygen atoms in total. The molecule has 0 atom stereocenters. The molecule has 1 amide bonds. The summed E-state index contributed by atoms with van der Waals surface area (Å²) in [5.41, 5.74) is -0.710. The zero-order valence-corrected chi connectivity index (χ0v) is 17.6. The Morgan fingerprint density at radius 2 is 1.90 bits per heavy atom. The molecule has 0 N–H and O–H groups in total. The van der Waals surface area contributed by atoms with Crippen LogP contribution in [0.15, 0.2) is 39.7 Å². The summed E-state index contributed by atoms with van der Waals surface area (Å²) in [6.07, 6.45) is -2.98. The van der Waals surface area contributed by atoms with Gasteiger partial charge in [-0.05, 0) is 30.3 Å². The molecule has 1 aromatic heterocycles. The third kappa shape index (κ3) is 4.28. The number of morpholine rings is 1. The first-order valence-electron chi connectivity index (χ1n) is 8.81. The second kappa shape index (κ2) is 8.35. The summed E-state index contributed by atoms with van der Waals surface area (Å²) in [4.78, 5) is 13.1. The number of carbonyl (C=O) groups excluding carboxylic acids is 1. The van der Waals surface area contributed by atoms with Crippen molar-refractivity contribution in [3.8, 4) is 11.3 Å². The molecule has 0 spiro atoms. The number of carbonyl (C=O) groups is 1. The highest BCUT2D eigenvalue weighted by Crippen LogP contribution is 2.38. The molecule has 2 fully saturated rings. The van der Waals surface area contributed by atoms with Crippen molar-refractivity contribution in [2.75, 3.05) is 26.3 Å². The third-order valence-electron chi connectivity index (χ3n) is 4.50. The minimum atomic E-state index is -4.50. The Labute approximate surface area is 184 Å². The van der Waals surface area contributed by atoms with E-state index in [0.717, 1.165) is 23.9 Å². The number of thiocarbonyl (C=S) groups is 1. The van der Waals surface area contributed by atoms with E-state index in [0.29, 0.717) is 41.3 Å². The maximum Gasteiger partial charge on any atom is 0.416 e. The third-order valence-corrected chi connectivity index (χ3v) is 6.12. The Balaban J connectivity index is 1.59. The number of nitrogens with zero attached hydrogens (tertiary/aromatic N) is 2. The molecule has 11 heteroatoms. The largest absolute Gasteiger partial charge is 0.457 e. The average molecular weight is 475 g/mol. The first-order valence-corrected chi connectivity index (χ1v) is 10.4. The molecular formula is C19H14ClF3N2O3S2. The highest BCUT2D eigenvalue weighted by Gasteiger charge is 2.37. The minimum Gasteiger partial charge on any atom is -0.457 e. The van der Waals surface area contributed by atoms with E-state index in [1.54, 1.807) is 6.07 Å². The molecule has 158 valence electrons. The molecule has 2 saturated heterocycles. The molecule has 0 radical (unpaired) electrons. The Morgan fingerprint density at radius 1 is 1.17 bits per heavy atom. The van der Waals surface area contributed by atoms with Gasteiger partial charge in [-0.1, -0.05) is 35.6 Å². The fourth-order valence-electron chi connectivity index (χ4n) is 3.05. The van der Waals surface area contributed by atoms with Gasteiger partial charge in [0, 0.05) is 24.7 Å². The number of ether oxygens (including phenoxy) is 1. The number of amides is 1. The van der Waals surface area contributed by atoms with E-state index in [4.69, 9.17) is 33.0 Å². The van der Waals surface area contributed by atoms with Crippen molar-refractivity contribution in [1.82, 2.24) is 10.0 Å². The molecular weight excluding hydrogens is 461 g/mol. The van der Waals surface area contributed by atoms with Crippen molar-refractivity contribution in [2.24, 2.45) is 0 Å². The molecule has 0 bridgehead atoms. The maximum absolute atomic E-state index is 13.0. The molecule has 30 heavy (non-hydrogen) atoms. The van der Waals surface area contributed by atoms with Crippen LogP contribution in [-0.4, -0.2) is 46.5 Å². The van der Waals surface area contributed by atoms with Crippen molar-refractivity contribution in [3.63, 3.8) is 0 Å². The maximum atomic E-state index is 13.0. The van der Waals surface area contributed by atoms with Crippen molar-refractivity contribution in [2.45, 2.75) is 6.18 Å². The highest BCUT2D eigenvalue weighted by atomic mass is 35.5. The molecule has 2 aliphatic rings. The summed E-state index contributed by atoms with van der Waals surface area (Å²) in [7, 11) is 0. The Morgan fingerprint density at radius 3 is 2.60 bits per heavy atom. The lowest BCUT2D eigenvalue weighted by Crippen LogP contribution is -2.50. The van der Waals surface area contributed by atoms with E-state index in [9.17, 15) is 18.0 Å². The number of hydrogen-bond acceptors (Lipinski definition) is 6. The number of hydrogen-bond donors (Lipinski definition) is 0. The monoisotopic (exact) mass is 474 g/mol. The molecule has 4 rings (SSSR count). The predicted molar refractivity (Wildman–Crippen MR) is 112 cm³/mol. The quantitative estimate of drug-likeness (QED) is 0.457. The number of alkyl halides is 3. The Bertz CT molecular complexity index is 1030. The van der Waals surface area contributed by atoms with E-state index >= 15 is 0 Å². The van der Waals surface area contributed by atoms with Crippen LogP contribution in [0.4, 0.5) is 13.2 Å². The minimum absolute atomic E-state index is 0.118. The summed E-state index contributed by atoms with van der Waals surface area (Å²) in [6, 6.07) is 6.09. The van der Waals surface area contributed by atoms with Gasteiger partial charge in [0.15, 0.2) is 4.32 Å². The van der Waals surface area contributed by atoms with Gasteiger partial charge in [0.1, 0.15) is 11.5 Å². The summed E-state index contributed by atoms with van der Waals surface area (Å²) in [6.45, 7) is 2.13. The Kier molecular flexibility index (Phi) is 5.95. The fraction of sp³-hybridized carbons (Fsp3) is 0.263. The van der Waals surface area contributed by atoms with Crippen molar-refractivity contribution in [1.29, 1.82) is 0 Å². The predicted octanol–water partition coefficient (Wildman–Crippen LogP) is 5.07. The van der Waals surface area contributed by atoms with Gasteiger partial charge in [-0.3, -0.25) is 4.79 Å². The highest BCUT2D eigenvalue weighted by molar-refractivity contribution is 8.26. The van der Waals surface area contributed by atoms with Crippen molar-refractivity contribution >= 4 is 51.9 Å². The fourth-order valence-corrected chi connectivity index (χ4v) is 4.55. The number of hydrazine groups is 1. The molecule has 2 aromatic rings. The van der Waals surface area contributed by atoms with Gasteiger partial charge in [0.05, 0.1) is 28.7 Å². The zero-order chi connectivity index (χ0) is 21.5. The second-order valence-electron chi connectivity index (χ2n) is 6.45. The topological polar surface area (TPSA) is 45.9 Å². The summed E-state index contributed by atoms with van der Waals surface area (Å²) < 4.78 is 50.4. The summed E-state index contributed by atoms with van der Waals surface area (Å²) in [5, 5.41) is 3.40. The first kappa shape index (κ1) is 21.4. The van der Waals surface area contributed by atoms with E-state index < -0.39 is 11.7 Å². The summed E-state index contributed by atoms with van der Waals surface area (Å²) >= 11 is 12.5. The van der Waals surface area contributed by atoms with Gasteiger partial charge >= 0.3 is 6.18 Å². The van der Waals surface area contributed by atoms with Crippen LogP contribution in [0.2, 0.25) is 5.02 Å². The van der Waals surface area contributed by atoms with E-state index in [1.165, 1.54) is 23.2 Å². The lowest BCUT2D eigenvalue weighted by atomic mass is 10.1. The van der Waals surface area contributed by atoms with Gasteiger partial charge in [-0.25, -0.2) is 10.0 Å². The summed E-state index contributed by atoms with van der Waals surface area (Å²) in [5.74, 6) is 0.198. The average Bonchev–Trinajstić information content (AvgIpc) is 3.26. The van der Waals surface area contributed by atoms with Crippen LogP contribution in [0.5, 0.6) is 0 Å². The molecule has 0 unspecified atom stereocenters. The van der Waals surface area contributed by atoms with Crippen LogP contribution in [-0.2, 0) is 15.7 Å². The van der Waals surface area contributed by atoms with Crippen molar-refractivity contribution in [3.05, 3.63) is 51.6 Å². The molecule has 3 heterocycles. The van der Waals surface area contributed by atoms with E-state index in [-0.39, 0.29) is 22.3 Å². The number of benzene rings is 1. The number of furan rings is 1. The zero-order valence-electron chi connectivity index (χ0n) is 15.2. The number of thioether (sulfide) groups is 1. The van der Waals surface area contributed by atoms with Crippen LogP contribution in [0, 0.1) is 0 Å². The molecule has 1 aromatic carbocycles. The van der Waals surface area contributed by atoms with Gasteiger partial charge in [-0.2, -0.15) is 13.2 Å².